The number of hydrogen-bond donors (Lipinski definition) is 0. The van der Waals surface area contributed by atoms with E-state index in [0.717, 1.165) is 40.4 Å². The van der Waals surface area contributed by atoms with Gasteiger partial charge in [0.05, 0.1) is 6.10 Å². The molecule has 0 amide bonds. The molecule has 2 aromatic heterocycles. The lowest BCUT2D eigenvalue weighted by Gasteiger charge is -2.09. The Morgan fingerprint density at radius 2 is 2.00 bits per heavy atom. The van der Waals surface area contributed by atoms with E-state index in [4.69, 9.17) is 4.74 Å². The number of benzene rings is 1. The minimum atomic E-state index is 0.138. The Labute approximate surface area is 139 Å². The Hall–Kier alpha value is -2.14. The molecule has 0 saturated carbocycles. The van der Waals surface area contributed by atoms with E-state index >= 15 is 0 Å². The maximum absolute atomic E-state index is 11.7. The first-order valence-corrected chi connectivity index (χ1v) is 8.59. The molecule has 5 heteroatoms. The summed E-state index contributed by atoms with van der Waals surface area (Å²) < 4.78 is 7.65. The smallest absolute Gasteiger partial charge is 0.195 e. The van der Waals surface area contributed by atoms with Crippen molar-refractivity contribution >= 4 is 22.6 Å². The number of hydrogen-bond acceptors (Lipinski definition) is 4. The Kier molecular flexibility index (Phi) is 4.22. The van der Waals surface area contributed by atoms with Gasteiger partial charge in [0, 0.05) is 16.1 Å². The molecule has 0 bridgehead atoms. The van der Waals surface area contributed by atoms with Crippen molar-refractivity contribution in [2.24, 2.45) is 0 Å². The van der Waals surface area contributed by atoms with E-state index in [1.165, 1.54) is 4.88 Å². The van der Waals surface area contributed by atoms with Gasteiger partial charge in [0.15, 0.2) is 11.2 Å². The topological polar surface area (TPSA) is 43.6 Å². The van der Waals surface area contributed by atoms with E-state index in [-0.39, 0.29) is 6.10 Å². The summed E-state index contributed by atoms with van der Waals surface area (Å²) in [5.74, 6) is 0.822. The third-order valence-electron chi connectivity index (χ3n) is 3.75. The van der Waals surface area contributed by atoms with Crippen LogP contribution in [0.1, 0.15) is 41.8 Å². The van der Waals surface area contributed by atoms with Crippen molar-refractivity contribution in [3.05, 3.63) is 40.5 Å². The first-order chi connectivity index (χ1) is 11.0. The maximum Gasteiger partial charge on any atom is 0.195 e. The van der Waals surface area contributed by atoms with Crippen molar-refractivity contribution in [2.75, 3.05) is 0 Å². The maximum atomic E-state index is 11.7. The predicted octanol–water partition coefficient (Wildman–Crippen LogP) is 4.53. The van der Waals surface area contributed by atoms with Crippen LogP contribution < -0.4 is 4.74 Å². The van der Waals surface area contributed by atoms with Crippen LogP contribution in [0.4, 0.5) is 0 Å². The Morgan fingerprint density at radius 1 is 1.30 bits per heavy atom. The van der Waals surface area contributed by atoms with Crippen molar-refractivity contribution in [2.45, 2.75) is 40.2 Å². The number of carbonyl (C=O) groups excluding carboxylic acids is 1. The third-order valence-corrected chi connectivity index (χ3v) is 4.75. The molecular formula is C18H20N2O2S. The molecule has 0 aliphatic carbocycles. The molecule has 23 heavy (non-hydrogen) atoms. The van der Waals surface area contributed by atoms with Crippen LogP contribution in [-0.4, -0.2) is 21.8 Å². The first kappa shape index (κ1) is 15.7. The van der Waals surface area contributed by atoms with Gasteiger partial charge in [-0.15, -0.1) is 11.3 Å². The molecule has 4 nitrogen and oxygen atoms in total. The molecule has 0 spiro atoms. The molecule has 0 radical (unpaired) electrons. The van der Waals surface area contributed by atoms with Gasteiger partial charge in [-0.1, -0.05) is 6.92 Å². The number of fused-ring (bicyclic) bond motifs is 1. The second-order valence-corrected chi connectivity index (χ2v) is 6.91. The number of aldehydes is 1. The summed E-state index contributed by atoms with van der Waals surface area (Å²) in [7, 11) is 0. The van der Waals surface area contributed by atoms with Gasteiger partial charge in [0.2, 0.25) is 0 Å². The van der Waals surface area contributed by atoms with Gasteiger partial charge in [-0.05, 0) is 51.5 Å². The van der Waals surface area contributed by atoms with Crippen molar-refractivity contribution in [1.82, 2.24) is 9.38 Å². The normalized spacial score (nSPS) is 11.3. The molecule has 120 valence electrons. The molecule has 0 aliphatic heterocycles. The van der Waals surface area contributed by atoms with E-state index in [1.54, 1.807) is 11.3 Å². The second kappa shape index (κ2) is 6.16. The molecule has 3 rings (SSSR count). The quantitative estimate of drug-likeness (QED) is 0.646. The molecule has 0 aliphatic rings. The largest absolute Gasteiger partial charge is 0.491 e. The Balaban J connectivity index is 2.09. The lowest BCUT2D eigenvalue weighted by Crippen LogP contribution is -2.05. The lowest BCUT2D eigenvalue weighted by molar-refractivity contribution is 0.111. The second-order valence-electron chi connectivity index (χ2n) is 5.73. The van der Waals surface area contributed by atoms with Gasteiger partial charge in [0.25, 0.3) is 0 Å². The number of ether oxygens (including phenoxy) is 1. The molecule has 0 saturated heterocycles. The number of aryl methyl sites for hydroxylation is 2. The van der Waals surface area contributed by atoms with Gasteiger partial charge < -0.3 is 4.74 Å². The Morgan fingerprint density at radius 3 is 2.57 bits per heavy atom. The fourth-order valence-corrected chi connectivity index (χ4v) is 3.85. The monoisotopic (exact) mass is 328 g/mol. The van der Waals surface area contributed by atoms with Gasteiger partial charge in [-0.25, -0.2) is 4.98 Å². The van der Waals surface area contributed by atoms with Crippen LogP contribution in [-0.2, 0) is 6.42 Å². The summed E-state index contributed by atoms with van der Waals surface area (Å²) in [6.45, 7) is 8.16. The summed E-state index contributed by atoms with van der Waals surface area (Å²) in [5.41, 5.74) is 3.44. The summed E-state index contributed by atoms with van der Waals surface area (Å²) in [4.78, 5) is 18.5. The first-order valence-electron chi connectivity index (χ1n) is 7.78. The van der Waals surface area contributed by atoms with Gasteiger partial charge in [-0.2, -0.15) is 0 Å². The molecule has 0 atom stereocenters. The molecule has 0 fully saturated rings. The van der Waals surface area contributed by atoms with Crippen molar-refractivity contribution < 1.29 is 9.53 Å². The van der Waals surface area contributed by atoms with E-state index in [0.29, 0.717) is 5.69 Å². The minimum Gasteiger partial charge on any atom is -0.491 e. The number of carbonyl (C=O) groups is 1. The standard InChI is InChI=1S/C18H20N2O2S/c1-5-15-12(4)23-18-19-17(16(10-21)20(15)18)13-6-8-14(9-7-13)22-11(2)3/h6-11H,5H2,1-4H3. The summed E-state index contributed by atoms with van der Waals surface area (Å²) >= 11 is 1.63. The Bertz CT molecular complexity index is 844. The molecule has 2 heterocycles. The van der Waals surface area contributed by atoms with Gasteiger partial charge >= 0.3 is 0 Å². The van der Waals surface area contributed by atoms with Gasteiger partial charge in [-0.3, -0.25) is 9.20 Å². The van der Waals surface area contributed by atoms with Crippen LogP contribution in [0.15, 0.2) is 24.3 Å². The number of rotatable bonds is 5. The zero-order valence-electron chi connectivity index (χ0n) is 13.8. The number of aromatic nitrogens is 2. The average Bonchev–Trinajstić information content (AvgIpc) is 3.01. The zero-order chi connectivity index (χ0) is 16.6. The van der Waals surface area contributed by atoms with Crippen molar-refractivity contribution in [3.8, 4) is 17.0 Å². The van der Waals surface area contributed by atoms with Crippen molar-refractivity contribution in [3.63, 3.8) is 0 Å². The highest BCUT2D eigenvalue weighted by molar-refractivity contribution is 7.17. The molecule has 0 unspecified atom stereocenters. The summed E-state index contributed by atoms with van der Waals surface area (Å²) in [5, 5.41) is 0. The van der Waals surface area contributed by atoms with Crippen LogP contribution in [0, 0.1) is 6.92 Å². The van der Waals surface area contributed by atoms with E-state index in [9.17, 15) is 4.79 Å². The highest BCUT2D eigenvalue weighted by Gasteiger charge is 2.19. The predicted molar refractivity (Wildman–Crippen MR) is 93.8 cm³/mol. The van der Waals surface area contributed by atoms with Crippen LogP contribution in [0.2, 0.25) is 0 Å². The SMILES string of the molecule is CCc1c(C)sc2nc(-c3ccc(OC(C)C)cc3)c(C=O)n12. The zero-order valence-corrected chi connectivity index (χ0v) is 14.6. The molecular weight excluding hydrogens is 308 g/mol. The van der Waals surface area contributed by atoms with Crippen LogP contribution in [0.5, 0.6) is 5.75 Å². The fraction of sp³-hybridized carbons (Fsp3) is 0.333. The third kappa shape index (κ3) is 2.77. The number of imidazole rings is 1. The highest BCUT2D eigenvalue weighted by atomic mass is 32.1. The fourth-order valence-electron chi connectivity index (χ4n) is 2.79. The molecule has 0 N–H and O–H groups in total. The van der Waals surface area contributed by atoms with Crippen molar-refractivity contribution in [1.29, 1.82) is 0 Å². The molecule has 1 aromatic carbocycles. The number of nitrogens with zero attached hydrogens (tertiary/aromatic N) is 2. The van der Waals surface area contributed by atoms with Gasteiger partial charge in [0.1, 0.15) is 17.1 Å². The van der Waals surface area contributed by atoms with E-state index in [1.807, 2.05) is 42.5 Å². The summed E-state index contributed by atoms with van der Waals surface area (Å²) in [6.07, 6.45) is 1.92. The van der Waals surface area contributed by atoms with Crippen LogP contribution in [0.25, 0.3) is 16.2 Å². The van der Waals surface area contributed by atoms with E-state index in [2.05, 4.69) is 18.8 Å². The number of thiazole rings is 1. The average molecular weight is 328 g/mol. The van der Waals surface area contributed by atoms with Crippen LogP contribution in [0.3, 0.4) is 0 Å². The van der Waals surface area contributed by atoms with E-state index < -0.39 is 0 Å². The summed E-state index contributed by atoms with van der Waals surface area (Å²) in [6, 6.07) is 7.75. The minimum absolute atomic E-state index is 0.138. The van der Waals surface area contributed by atoms with Crippen LogP contribution >= 0.6 is 11.3 Å². The highest BCUT2D eigenvalue weighted by Crippen LogP contribution is 2.31. The molecule has 3 aromatic rings. The lowest BCUT2D eigenvalue weighted by atomic mass is 10.1.